The average Bonchev–Trinajstić information content (AvgIpc) is 1.58. The number of nitrogens with one attached hydrogen (secondary N) is 2. The van der Waals surface area contributed by atoms with E-state index in [1.54, 1.807) is 67.1 Å². The number of nitrogen functional groups attached to an aromatic ring is 6. The van der Waals surface area contributed by atoms with Crippen LogP contribution in [0.2, 0.25) is 60.3 Å². The van der Waals surface area contributed by atoms with Gasteiger partial charge in [-0.2, -0.15) is 0 Å². The molecule has 0 saturated heterocycles. The first-order valence-electron chi connectivity index (χ1n) is 40.8. The minimum atomic E-state index is 0.175. The fraction of sp³-hybridized carbons (Fsp3) is 0.211. The van der Waals surface area contributed by atoms with E-state index in [2.05, 4.69) is 86.3 Å². The second-order valence-electron chi connectivity index (χ2n) is 30.6. The number of rotatable bonds is 12. The summed E-state index contributed by atoms with van der Waals surface area (Å²) < 4.78 is 37.5. The molecule has 22 rings (SSSR count). The first-order chi connectivity index (χ1) is 63.5. The number of H-pyrrole nitrogens is 2. The minimum absolute atomic E-state index is 0.175. The average molecular weight is 2020 g/mol. The fourth-order valence-electron chi connectivity index (χ4n) is 16.3. The number of likely N-dealkylation sites (N-methyl/N-ethyl adjacent to an activating group) is 1. The molecule has 5 aliphatic rings. The van der Waals surface area contributed by atoms with Crippen LogP contribution in [0, 0.1) is 0 Å². The summed E-state index contributed by atoms with van der Waals surface area (Å²) in [5, 5.41) is 6.09. The minimum Gasteiger partial charge on any atom is -0.495 e. The number of nitrogens with zero attached hydrogens (tertiary/aromatic N) is 16. The Morgan fingerprint density at radius 1 is 0.402 bits per heavy atom. The molecule has 0 fully saturated rings. The number of ether oxygens (including phenoxy) is 6. The molecule has 0 saturated carbocycles. The van der Waals surface area contributed by atoms with Crippen LogP contribution in [0.4, 0.5) is 35.7 Å². The molecule has 0 radical (unpaired) electrons. The lowest BCUT2D eigenvalue weighted by Crippen LogP contribution is -2.19. The summed E-state index contributed by atoms with van der Waals surface area (Å²) in [5.74, 6) is 5.08. The Labute approximate surface area is 813 Å². The van der Waals surface area contributed by atoms with Gasteiger partial charge in [-0.1, -0.05) is 139 Å². The maximum atomic E-state index is 6.51. The van der Waals surface area contributed by atoms with E-state index in [-0.39, 0.29) is 35.7 Å². The van der Waals surface area contributed by atoms with Gasteiger partial charge in [-0.15, -0.1) is 0 Å². The van der Waals surface area contributed by atoms with E-state index >= 15 is 0 Å². The standard InChI is InChI=1S/C17H20Cl2N4O.C16H14Cl2N4O.C15H12Cl2N4O.C15H10Cl2N4O.C14H10Cl2N4O.C13H10Cl2N4O/c1-23(2)6-7-24-15-8-11(12(18)9-13(15)19)16-10-4-3-5-14(10)21-17(20)22-16;1-2-22-5-3-11-14(22)13(21-16(19)20-11)12-8-4-6-23-15(8)10(18)7-9(12)17;1-21-4-2-10-13(21)12(20-15(18)19-10)11-7-3-5-22-14(7)9(17)6-8(11)16;16-8-6-9(17)14-7(3-5-22-14)11(8)13-12-10(2-1-4-19-12)20-15(18)21-13;15-7-5-8(16)13-6(2-4-21-13)10(7)12-11-9(1-3-18-11)19-14(17)20-12;1-20-10-4-6(7(14)5-8(10)15)11-12-9(2-3-17-12)18-13(16)19-11/h8-9H,3-7H2,1-2H3,(H2,20,21,22);3,5,7H,2,4,6H2,1H3,(H2,19,20,21);2,4,6H,3,5H2,1H3,(H2,18,19,20);1-2,4,6H,3,5H2,(H2,18,20,21);1,3,5,18H,2,4H2,(H2,17,19,20);2-5,17H,1H3,(H2,16,18,19). The van der Waals surface area contributed by atoms with Gasteiger partial charge >= 0.3 is 0 Å². The van der Waals surface area contributed by atoms with Crippen molar-refractivity contribution in [3.63, 3.8) is 0 Å². The monoisotopic (exact) mass is 2010 g/mol. The highest BCUT2D eigenvalue weighted by Crippen LogP contribution is 2.52. The zero-order valence-corrected chi connectivity index (χ0v) is 79.5. The molecule has 4 aliphatic heterocycles. The second-order valence-corrected chi connectivity index (χ2v) is 35.5. The fourth-order valence-corrected chi connectivity index (χ4v) is 20.0. The second kappa shape index (κ2) is 38.9. The van der Waals surface area contributed by atoms with E-state index < -0.39 is 0 Å². The van der Waals surface area contributed by atoms with Crippen LogP contribution in [0.1, 0.15) is 46.9 Å². The van der Waals surface area contributed by atoms with E-state index in [4.69, 9.17) is 202 Å². The molecule has 0 spiro atoms. The molecule has 1 aliphatic carbocycles. The van der Waals surface area contributed by atoms with E-state index in [1.807, 2.05) is 79.4 Å². The number of pyridine rings is 1. The molecule has 676 valence electrons. The van der Waals surface area contributed by atoms with Gasteiger partial charge in [0.25, 0.3) is 0 Å². The molecule has 14 N–H and O–H groups in total. The van der Waals surface area contributed by atoms with Crippen LogP contribution in [0.15, 0.2) is 116 Å². The van der Waals surface area contributed by atoms with E-state index in [9.17, 15) is 0 Å². The lowest BCUT2D eigenvalue weighted by molar-refractivity contribution is 0.261. The van der Waals surface area contributed by atoms with Gasteiger partial charge in [0.15, 0.2) is 0 Å². The van der Waals surface area contributed by atoms with Crippen molar-refractivity contribution in [2.75, 3.05) is 95.2 Å². The van der Waals surface area contributed by atoms with Crippen LogP contribution in [0.25, 0.3) is 123 Å². The molecule has 132 heavy (non-hydrogen) atoms. The molecule has 15 heterocycles. The van der Waals surface area contributed by atoms with Gasteiger partial charge < -0.3 is 86.8 Å². The highest BCUT2D eigenvalue weighted by Gasteiger charge is 2.33. The van der Waals surface area contributed by atoms with Crippen molar-refractivity contribution in [3.05, 3.63) is 210 Å². The number of nitrogens with two attached hydrogens (primary N) is 6. The summed E-state index contributed by atoms with van der Waals surface area (Å²) in [6, 6.07) is 24.8. The Bertz CT molecular complexity index is 7440. The van der Waals surface area contributed by atoms with Crippen molar-refractivity contribution in [2.24, 2.45) is 7.05 Å². The number of aromatic nitrogens is 17. The first-order valence-corrected chi connectivity index (χ1v) is 45.4. The summed E-state index contributed by atoms with van der Waals surface area (Å²) >= 11 is 75.7. The molecule has 0 bridgehead atoms. The summed E-state index contributed by atoms with van der Waals surface area (Å²) in [7, 11) is 7.46. The molecular formula is C90H76Cl12N24O6. The topological polar surface area (TPSA) is 424 Å². The molecule has 17 aromatic rings. The van der Waals surface area contributed by atoms with Gasteiger partial charge in [-0.05, 0) is 125 Å². The zero-order chi connectivity index (χ0) is 92.9. The van der Waals surface area contributed by atoms with Crippen LogP contribution in [0.5, 0.6) is 34.5 Å². The van der Waals surface area contributed by atoms with Gasteiger partial charge in [-0.25, -0.2) is 59.8 Å². The van der Waals surface area contributed by atoms with Crippen LogP contribution in [0.3, 0.4) is 0 Å². The number of hydrogen-bond donors (Lipinski definition) is 8. The molecule has 0 atom stereocenters. The van der Waals surface area contributed by atoms with Crippen LogP contribution < -0.4 is 62.8 Å². The van der Waals surface area contributed by atoms with Crippen LogP contribution in [-0.4, -0.2) is 150 Å². The molecule has 30 nitrogen and oxygen atoms in total. The third-order valence-corrected chi connectivity index (χ3v) is 25.6. The summed E-state index contributed by atoms with van der Waals surface area (Å²) in [4.78, 5) is 64.4. The highest BCUT2D eigenvalue weighted by molar-refractivity contribution is 6.41. The van der Waals surface area contributed by atoms with Crippen LogP contribution >= 0.6 is 139 Å². The lowest BCUT2D eigenvalue weighted by atomic mass is 10.0. The maximum Gasteiger partial charge on any atom is 0.221 e. The number of anilines is 6. The summed E-state index contributed by atoms with van der Waals surface area (Å²) in [6.45, 7) is 6.51. The SMILES string of the molecule is CCn1ccc2nc(N)nc(-c3c(Cl)cc(Cl)c4c3CCO4)c21.CN(C)CCOc1cc(-c2nc(N)nc3c2CCC3)c(Cl)cc1Cl.COc1cc(-c2nc(N)nc3cc[nH]c23)c(Cl)cc1Cl.Cn1ccc2nc(N)nc(-c3c(Cl)cc(Cl)c4c3CCO4)c21.Nc1nc(-c2c(Cl)cc(Cl)c3c2CCO3)c2[nH]ccc2n1.Nc1nc(-c2c(Cl)cc(Cl)c3c2CCO3)c2ncccc2n1. The molecule has 11 aromatic heterocycles. The number of halogens is 12. The third kappa shape index (κ3) is 18.5. The van der Waals surface area contributed by atoms with Crippen LogP contribution in [-0.2, 0) is 52.1 Å². The predicted octanol–water partition coefficient (Wildman–Crippen LogP) is 21.4. The third-order valence-electron chi connectivity index (χ3n) is 22.0. The number of fused-ring (bicyclic) bond motifs is 10. The van der Waals surface area contributed by atoms with Gasteiger partial charge in [0.2, 0.25) is 35.7 Å². The van der Waals surface area contributed by atoms with Crippen molar-refractivity contribution in [3.8, 4) is 102 Å². The van der Waals surface area contributed by atoms with Crippen molar-refractivity contribution in [2.45, 2.75) is 58.4 Å². The Hall–Kier alpha value is -11.6. The highest BCUT2D eigenvalue weighted by atomic mass is 35.5. The molecule has 42 heteroatoms. The number of aromatic amines is 2. The predicted molar refractivity (Wildman–Crippen MR) is 527 cm³/mol. The largest absolute Gasteiger partial charge is 0.495 e. The molecule has 0 amide bonds. The Balaban J connectivity index is 0.000000111. The Morgan fingerprint density at radius 2 is 0.811 bits per heavy atom. The summed E-state index contributed by atoms with van der Waals surface area (Å²) in [6.07, 6.45) is 15.0. The van der Waals surface area contributed by atoms with Crippen molar-refractivity contribution < 1.29 is 28.4 Å². The van der Waals surface area contributed by atoms with E-state index in [0.717, 1.165) is 168 Å². The van der Waals surface area contributed by atoms with Crippen molar-refractivity contribution >= 4 is 230 Å². The van der Waals surface area contributed by atoms with E-state index in [1.165, 1.54) is 7.11 Å². The normalized spacial score (nSPS) is 13.0. The smallest absolute Gasteiger partial charge is 0.221 e. The van der Waals surface area contributed by atoms with Gasteiger partial charge in [0.1, 0.15) is 75.1 Å². The first kappa shape index (κ1) is 92.3. The number of aryl methyl sites for hydroxylation is 3. The molecule has 0 unspecified atom stereocenters. The molecule has 6 aromatic carbocycles. The quantitative estimate of drug-likeness (QED) is 0.0563. The Morgan fingerprint density at radius 3 is 1.33 bits per heavy atom. The Kier molecular flexibility index (Phi) is 27.2. The van der Waals surface area contributed by atoms with E-state index in [0.29, 0.717) is 174 Å². The number of benzene rings is 6. The van der Waals surface area contributed by atoms with Gasteiger partial charge in [-0.3, -0.25) is 4.98 Å². The molecular weight excluding hydrogens is 1940 g/mol. The number of methoxy groups -OCH3 is 1. The zero-order valence-electron chi connectivity index (χ0n) is 70.5. The maximum absolute atomic E-state index is 6.51. The van der Waals surface area contributed by atoms with Crippen molar-refractivity contribution in [1.82, 2.24) is 88.8 Å². The lowest BCUT2D eigenvalue weighted by Gasteiger charge is -2.15. The van der Waals surface area contributed by atoms with Gasteiger partial charge in [0.05, 0.1) is 149 Å². The van der Waals surface area contributed by atoms with Crippen molar-refractivity contribution in [1.29, 1.82) is 0 Å². The number of hydrogen-bond acceptors (Lipinski definition) is 26. The summed E-state index contributed by atoms with van der Waals surface area (Å²) in [5.41, 5.74) is 57.5. The van der Waals surface area contributed by atoms with Gasteiger partial charge in [0, 0.05) is 144 Å².